The predicted molar refractivity (Wildman–Crippen MR) is 82.2 cm³/mol. The van der Waals surface area contributed by atoms with Crippen molar-refractivity contribution in [2.75, 3.05) is 6.61 Å². The highest BCUT2D eigenvalue weighted by Gasteiger charge is 2.31. The van der Waals surface area contributed by atoms with E-state index in [1.165, 1.54) is 0 Å². The summed E-state index contributed by atoms with van der Waals surface area (Å²) in [6.07, 6.45) is 1.29. The van der Waals surface area contributed by atoms with Gasteiger partial charge in [-0.05, 0) is 52.3 Å². The Balaban J connectivity index is 2.20. The number of ether oxygens (including phenoxy) is 1. The topological polar surface area (TPSA) is 50.8 Å². The van der Waals surface area contributed by atoms with Crippen molar-refractivity contribution in [2.45, 2.75) is 51.7 Å². The Kier molecular flexibility index (Phi) is 3.26. The fourth-order valence-electron chi connectivity index (χ4n) is 3.14. The monoisotopic (exact) mass is 283 g/mol. The van der Waals surface area contributed by atoms with E-state index in [-0.39, 0.29) is 11.6 Å². The molecule has 0 bridgehead atoms. The SMILES string of the molecule is CC1CC(c2nc3cc(C#N)ccc3n2C(C)(C)C)CO1. The molecule has 0 spiro atoms. The lowest BCUT2D eigenvalue weighted by Gasteiger charge is -2.26. The fraction of sp³-hybridized carbons (Fsp3) is 0.529. The van der Waals surface area contributed by atoms with Gasteiger partial charge in [-0.3, -0.25) is 0 Å². The Morgan fingerprint density at radius 2 is 2.14 bits per heavy atom. The van der Waals surface area contributed by atoms with Gasteiger partial charge in [-0.1, -0.05) is 0 Å². The van der Waals surface area contributed by atoms with Gasteiger partial charge >= 0.3 is 0 Å². The Morgan fingerprint density at radius 3 is 2.71 bits per heavy atom. The highest BCUT2D eigenvalue weighted by molar-refractivity contribution is 5.78. The number of aromatic nitrogens is 2. The van der Waals surface area contributed by atoms with E-state index in [1.807, 2.05) is 18.2 Å². The largest absolute Gasteiger partial charge is 0.378 e. The summed E-state index contributed by atoms with van der Waals surface area (Å²) in [5.74, 6) is 1.41. The summed E-state index contributed by atoms with van der Waals surface area (Å²) in [7, 11) is 0. The third-order valence-electron chi connectivity index (χ3n) is 4.04. The molecule has 1 fully saturated rings. The van der Waals surface area contributed by atoms with E-state index in [9.17, 15) is 0 Å². The highest BCUT2D eigenvalue weighted by Crippen LogP contribution is 2.34. The van der Waals surface area contributed by atoms with Crippen molar-refractivity contribution in [3.8, 4) is 6.07 Å². The maximum absolute atomic E-state index is 9.07. The second-order valence-corrected chi connectivity index (χ2v) is 6.87. The van der Waals surface area contributed by atoms with Crippen molar-refractivity contribution in [3.05, 3.63) is 29.6 Å². The normalized spacial score (nSPS) is 22.6. The highest BCUT2D eigenvalue weighted by atomic mass is 16.5. The van der Waals surface area contributed by atoms with Gasteiger partial charge in [0.2, 0.25) is 0 Å². The van der Waals surface area contributed by atoms with Crippen molar-refractivity contribution in [2.24, 2.45) is 0 Å². The maximum Gasteiger partial charge on any atom is 0.115 e. The number of fused-ring (bicyclic) bond motifs is 1. The zero-order chi connectivity index (χ0) is 15.2. The molecular formula is C17H21N3O. The second-order valence-electron chi connectivity index (χ2n) is 6.87. The number of nitrogens with zero attached hydrogens (tertiary/aromatic N) is 3. The molecule has 3 rings (SSSR count). The van der Waals surface area contributed by atoms with Crippen LogP contribution in [0, 0.1) is 11.3 Å². The van der Waals surface area contributed by atoms with Crippen molar-refractivity contribution >= 4 is 11.0 Å². The molecule has 2 heterocycles. The molecule has 4 heteroatoms. The average molecular weight is 283 g/mol. The lowest BCUT2D eigenvalue weighted by molar-refractivity contribution is 0.123. The first-order valence-electron chi connectivity index (χ1n) is 7.44. The zero-order valence-electron chi connectivity index (χ0n) is 13.1. The quantitative estimate of drug-likeness (QED) is 0.804. The van der Waals surface area contributed by atoms with Crippen LogP contribution >= 0.6 is 0 Å². The third-order valence-corrected chi connectivity index (χ3v) is 4.04. The molecule has 0 radical (unpaired) electrons. The van der Waals surface area contributed by atoms with Gasteiger partial charge in [0, 0.05) is 11.5 Å². The summed E-state index contributed by atoms with van der Waals surface area (Å²) in [6, 6.07) is 7.94. The first-order valence-corrected chi connectivity index (χ1v) is 7.44. The van der Waals surface area contributed by atoms with Crippen molar-refractivity contribution in [1.82, 2.24) is 9.55 Å². The van der Waals surface area contributed by atoms with Gasteiger partial charge in [0.05, 0.1) is 35.4 Å². The molecule has 0 amide bonds. The summed E-state index contributed by atoms with van der Waals surface area (Å²) in [5, 5.41) is 9.07. The van der Waals surface area contributed by atoms with Gasteiger partial charge in [-0.15, -0.1) is 0 Å². The third kappa shape index (κ3) is 2.43. The molecule has 110 valence electrons. The Hall–Kier alpha value is -1.86. The standard InChI is InChI=1S/C17H21N3O/c1-11-7-13(10-21-11)16-19-14-8-12(9-18)5-6-15(14)20(16)17(2,3)4/h5-6,8,11,13H,7,10H2,1-4H3. The molecule has 1 saturated heterocycles. The van der Waals surface area contributed by atoms with Crippen LogP contribution in [0.25, 0.3) is 11.0 Å². The van der Waals surface area contributed by atoms with Crippen LogP contribution in [0.15, 0.2) is 18.2 Å². The van der Waals surface area contributed by atoms with Crippen LogP contribution in [-0.4, -0.2) is 22.3 Å². The van der Waals surface area contributed by atoms with Gasteiger partial charge in [-0.25, -0.2) is 4.98 Å². The van der Waals surface area contributed by atoms with E-state index in [2.05, 4.69) is 38.3 Å². The number of hydrogen-bond acceptors (Lipinski definition) is 3. The Bertz CT molecular complexity index is 718. The predicted octanol–water partition coefficient (Wildman–Crippen LogP) is 3.56. The zero-order valence-corrected chi connectivity index (χ0v) is 13.1. The summed E-state index contributed by atoms with van der Waals surface area (Å²) >= 11 is 0. The van der Waals surface area contributed by atoms with E-state index in [1.54, 1.807) is 0 Å². The minimum Gasteiger partial charge on any atom is -0.378 e. The maximum atomic E-state index is 9.07. The minimum absolute atomic E-state index is 0.0515. The summed E-state index contributed by atoms with van der Waals surface area (Å²) < 4.78 is 8.02. The van der Waals surface area contributed by atoms with Crippen LogP contribution in [0.4, 0.5) is 0 Å². The molecule has 0 saturated carbocycles. The summed E-state index contributed by atoms with van der Waals surface area (Å²) in [5.41, 5.74) is 2.60. The van der Waals surface area contributed by atoms with Crippen molar-refractivity contribution in [1.29, 1.82) is 5.26 Å². The summed E-state index contributed by atoms with van der Waals surface area (Å²) in [4.78, 5) is 4.84. The van der Waals surface area contributed by atoms with Crippen molar-refractivity contribution in [3.63, 3.8) is 0 Å². The van der Waals surface area contributed by atoms with E-state index in [0.29, 0.717) is 11.5 Å². The smallest absolute Gasteiger partial charge is 0.115 e. The molecule has 1 aliphatic heterocycles. The molecule has 1 aromatic carbocycles. The first-order chi connectivity index (χ1) is 9.90. The molecule has 2 atom stereocenters. The van der Waals surface area contributed by atoms with Crippen LogP contribution in [0.3, 0.4) is 0 Å². The molecule has 21 heavy (non-hydrogen) atoms. The molecule has 0 aliphatic carbocycles. The van der Waals surface area contributed by atoms with Gasteiger partial charge in [0.15, 0.2) is 0 Å². The van der Waals surface area contributed by atoms with Crippen LogP contribution in [-0.2, 0) is 10.3 Å². The summed E-state index contributed by atoms with van der Waals surface area (Å²) in [6.45, 7) is 9.41. The molecule has 1 aliphatic rings. The molecular weight excluding hydrogens is 262 g/mol. The van der Waals surface area contributed by atoms with Crippen LogP contribution in [0.2, 0.25) is 0 Å². The molecule has 4 nitrogen and oxygen atoms in total. The van der Waals surface area contributed by atoms with E-state index in [0.717, 1.165) is 29.9 Å². The molecule has 1 aromatic heterocycles. The van der Waals surface area contributed by atoms with E-state index in [4.69, 9.17) is 15.0 Å². The van der Waals surface area contributed by atoms with Crippen LogP contribution < -0.4 is 0 Å². The van der Waals surface area contributed by atoms with Gasteiger partial charge in [0.25, 0.3) is 0 Å². The Labute approximate surface area is 125 Å². The van der Waals surface area contributed by atoms with E-state index >= 15 is 0 Å². The lowest BCUT2D eigenvalue weighted by Crippen LogP contribution is -2.25. The second kappa shape index (κ2) is 4.85. The number of nitriles is 1. The Morgan fingerprint density at radius 1 is 1.38 bits per heavy atom. The van der Waals surface area contributed by atoms with E-state index < -0.39 is 0 Å². The van der Waals surface area contributed by atoms with Crippen LogP contribution in [0.1, 0.15) is 51.4 Å². The molecule has 2 unspecified atom stereocenters. The number of imidazole rings is 1. The van der Waals surface area contributed by atoms with Gasteiger partial charge in [-0.2, -0.15) is 5.26 Å². The fourth-order valence-corrected chi connectivity index (χ4v) is 3.14. The first kappa shape index (κ1) is 14.1. The number of benzene rings is 1. The van der Waals surface area contributed by atoms with Crippen molar-refractivity contribution < 1.29 is 4.74 Å². The van der Waals surface area contributed by atoms with Gasteiger partial charge in [0.1, 0.15) is 5.82 Å². The lowest BCUT2D eigenvalue weighted by atomic mass is 10.0. The average Bonchev–Trinajstić information content (AvgIpc) is 3.00. The number of hydrogen-bond donors (Lipinski definition) is 0. The van der Waals surface area contributed by atoms with Gasteiger partial charge < -0.3 is 9.30 Å². The molecule has 0 N–H and O–H groups in total. The minimum atomic E-state index is -0.0515. The molecule has 2 aromatic rings. The van der Waals surface area contributed by atoms with Crippen LogP contribution in [0.5, 0.6) is 0 Å². The number of rotatable bonds is 1.